The molecule has 138 valence electrons. The summed E-state index contributed by atoms with van der Waals surface area (Å²) < 4.78 is 36.7. The molecule has 0 aliphatic heterocycles. The van der Waals surface area contributed by atoms with Crippen molar-refractivity contribution in [1.82, 2.24) is 15.6 Å². The third-order valence-corrected chi connectivity index (χ3v) is 3.26. The molecule has 2 aromatic rings. The fourth-order valence-corrected chi connectivity index (χ4v) is 1.90. The van der Waals surface area contributed by atoms with Crippen LogP contribution in [0, 0.1) is 25.5 Å². The Hall–Kier alpha value is -1.91. The van der Waals surface area contributed by atoms with E-state index < -0.39 is 11.6 Å². The van der Waals surface area contributed by atoms with E-state index in [9.17, 15) is 8.78 Å². The second-order valence-electron chi connectivity index (χ2n) is 5.03. The molecule has 2 N–H and O–H groups in total. The molecule has 0 saturated heterocycles. The lowest BCUT2D eigenvalue weighted by molar-refractivity contribution is 0.318. The minimum absolute atomic E-state index is 0. The molecule has 0 radical (unpaired) electrons. The van der Waals surface area contributed by atoms with Crippen molar-refractivity contribution in [3.05, 3.63) is 47.2 Å². The number of hydrogen-bond acceptors (Lipinski definition) is 4. The summed E-state index contributed by atoms with van der Waals surface area (Å²) in [5, 5.41) is 6.09. The zero-order chi connectivity index (χ0) is 17.5. The minimum atomic E-state index is -0.936. The van der Waals surface area contributed by atoms with E-state index in [1.54, 1.807) is 7.05 Å². The second kappa shape index (κ2) is 10.2. The quantitative estimate of drug-likeness (QED) is 0.297. The molecule has 0 fully saturated rings. The average Bonchev–Trinajstić information content (AvgIpc) is 2.88. The summed E-state index contributed by atoms with van der Waals surface area (Å²) in [6, 6.07) is 3.41. The van der Waals surface area contributed by atoms with E-state index in [4.69, 9.17) is 9.15 Å². The zero-order valence-electron chi connectivity index (χ0n) is 14.2. The zero-order valence-corrected chi connectivity index (χ0v) is 16.6. The van der Waals surface area contributed by atoms with Crippen LogP contribution >= 0.6 is 24.0 Å². The molecular weight excluding hydrogens is 445 g/mol. The van der Waals surface area contributed by atoms with Gasteiger partial charge in [0.1, 0.15) is 18.1 Å². The fraction of sp³-hybridized carbons (Fsp3) is 0.375. The van der Waals surface area contributed by atoms with Gasteiger partial charge < -0.3 is 19.8 Å². The van der Waals surface area contributed by atoms with Crippen LogP contribution < -0.4 is 15.4 Å². The molecule has 1 aromatic carbocycles. The van der Waals surface area contributed by atoms with Crippen LogP contribution in [-0.2, 0) is 6.54 Å². The molecule has 0 aliphatic carbocycles. The molecule has 25 heavy (non-hydrogen) atoms. The summed E-state index contributed by atoms with van der Waals surface area (Å²) in [7, 11) is 1.64. The Labute approximate surface area is 162 Å². The predicted molar refractivity (Wildman–Crippen MR) is 101 cm³/mol. The summed E-state index contributed by atoms with van der Waals surface area (Å²) in [6.07, 6.45) is 0. The summed E-state index contributed by atoms with van der Waals surface area (Å²) in [5.41, 5.74) is 0.856. The van der Waals surface area contributed by atoms with Crippen LogP contribution in [-0.4, -0.2) is 31.1 Å². The predicted octanol–water partition coefficient (Wildman–Crippen LogP) is 2.93. The maximum absolute atomic E-state index is 13.0. The van der Waals surface area contributed by atoms with Crippen molar-refractivity contribution < 1.29 is 17.9 Å². The number of aliphatic imine (C=N–C) groups is 1. The first kappa shape index (κ1) is 21.1. The van der Waals surface area contributed by atoms with Gasteiger partial charge in [-0.2, -0.15) is 0 Å². The summed E-state index contributed by atoms with van der Waals surface area (Å²) in [6.45, 7) is 4.84. The number of aromatic nitrogens is 1. The van der Waals surface area contributed by atoms with E-state index in [2.05, 4.69) is 20.6 Å². The van der Waals surface area contributed by atoms with Crippen LogP contribution in [0.1, 0.15) is 17.3 Å². The van der Waals surface area contributed by atoms with Crippen molar-refractivity contribution >= 4 is 29.9 Å². The Morgan fingerprint density at radius 3 is 2.60 bits per heavy atom. The molecule has 0 amide bonds. The number of ether oxygens (including phenoxy) is 1. The Kier molecular flexibility index (Phi) is 8.59. The highest BCUT2D eigenvalue weighted by atomic mass is 127. The highest BCUT2D eigenvalue weighted by molar-refractivity contribution is 14.0. The van der Waals surface area contributed by atoms with Gasteiger partial charge in [-0.1, -0.05) is 0 Å². The van der Waals surface area contributed by atoms with E-state index in [0.717, 1.165) is 23.6 Å². The van der Waals surface area contributed by atoms with Gasteiger partial charge in [0.2, 0.25) is 5.89 Å². The van der Waals surface area contributed by atoms with Gasteiger partial charge in [0.25, 0.3) is 0 Å². The minimum Gasteiger partial charge on any atom is -0.492 e. The van der Waals surface area contributed by atoms with Crippen LogP contribution in [0.5, 0.6) is 5.75 Å². The summed E-state index contributed by atoms with van der Waals surface area (Å²) >= 11 is 0. The maximum atomic E-state index is 13.0. The van der Waals surface area contributed by atoms with Gasteiger partial charge in [-0.15, -0.1) is 24.0 Å². The van der Waals surface area contributed by atoms with Crippen LogP contribution in [0.2, 0.25) is 0 Å². The number of benzene rings is 1. The number of guanidine groups is 1. The number of hydrogen-bond donors (Lipinski definition) is 2. The first-order valence-electron chi connectivity index (χ1n) is 7.45. The van der Waals surface area contributed by atoms with Crippen LogP contribution in [0.15, 0.2) is 27.6 Å². The molecule has 1 heterocycles. The molecule has 0 bridgehead atoms. The van der Waals surface area contributed by atoms with Gasteiger partial charge in [-0.25, -0.2) is 13.8 Å². The van der Waals surface area contributed by atoms with Crippen LogP contribution in [0.25, 0.3) is 0 Å². The number of rotatable bonds is 6. The van der Waals surface area contributed by atoms with Gasteiger partial charge >= 0.3 is 0 Å². The molecule has 2 rings (SSSR count). The monoisotopic (exact) mass is 466 g/mol. The van der Waals surface area contributed by atoms with E-state index >= 15 is 0 Å². The first-order chi connectivity index (χ1) is 11.5. The number of nitrogens with one attached hydrogen (secondary N) is 2. The summed E-state index contributed by atoms with van der Waals surface area (Å²) in [5.74, 6) is 0.346. The lowest BCUT2D eigenvalue weighted by atomic mass is 10.3. The van der Waals surface area contributed by atoms with E-state index in [-0.39, 0.29) is 36.3 Å². The second-order valence-corrected chi connectivity index (χ2v) is 5.03. The van der Waals surface area contributed by atoms with Crippen LogP contribution in [0.3, 0.4) is 0 Å². The van der Waals surface area contributed by atoms with Crippen molar-refractivity contribution in [1.29, 1.82) is 0 Å². The molecule has 9 heteroatoms. The van der Waals surface area contributed by atoms with E-state index in [1.807, 2.05) is 13.8 Å². The van der Waals surface area contributed by atoms with Gasteiger partial charge in [0, 0.05) is 13.1 Å². The van der Waals surface area contributed by atoms with Crippen molar-refractivity contribution in [2.75, 3.05) is 20.2 Å². The summed E-state index contributed by atoms with van der Waals surface area (Å²) in [4.78, 5) is 8.33. The molecule has 1 aromatic heterocycles. The Balaban J connectivity index is 0.00000312. The van der Waals surface area contributed by atoms with Crippen molar-refractivity contribution in [3.63, 3.8) is 0 Å². The SMILES string of the molecule is CN=C(NCCOc1ccc(F)c(F)c1)NCc1nc(C)c(C)o1.I. The fourth-order valence-electron chi connectivity index (χ4n) is 1.90. The third kappa shape index (κ3) is 6.48. The average molecular weight is 466 g/mol. The number of halogens is 3. The van der Waals surface area contributed by atoms with E-state index in [1.165, 1.54) is 6.07 Å². The smallest absolute Gasteiger partial charge is 0.214 e. The highest BCUT2D eigenvalue weighted by Crippen LogP contribution is 2.15. The lowest BCUT2D eigenvalue weighted by Gasteiger charge is -2.11. The van der Waals surface area contributed by atoms with Gasteiger partial charge in [-0.3, -0.25) is 4.99 Å². The molecular formula is C16H21F2IN4O2. The Morgan fingerprint density at radius 1 is 1.24 bits per heavy atom. The largest absolute Gasteiger partial charge is 0.492 e. The van der Waals surface area contributed by atoms with Crippen molar-refractivity contribution in [3.8, 4) is 5.75 Å². The Morgan fingerprint density at radius 2 is 2.00 bits per heavy atom. The van der Waals surface area contributed by atoms with Crippen molar-refractivity contribution in [2.45, 2.75) is 20.4 Å². The Bertz CT molecular complexity index is 703. The van der Waals surface area contributed by atoms with Crippen LogP contribution in [0.4, 0.5) is 8.78 Å². The molecule has 0 unspecified atom stereocenters. The molecule has 0 atom stereocenters. The van der Waals surface area contributed by atoms with Gasteiger partial charge in [0.15, 0.2) is 17.6 Å². The number of aryl methyl sites for hydroxylation is 2. The topological polar surface area (TPSA) is 71.7 Å². The maximum Gasteiger partial charge on any atom is 0.214 e. The highest BCUT2D eigenvalue weighted by Gasteiger charge is 2.06. The lowest BCUT2D eigenvalue weighted by Crippen LogP contribution is -2.38. The first-order valence-corrected chi connectivity index (χ1v) is 7.45. The molecule has 0 spiro atoms. The third-order valence-electron chi connectivity index (χ3n) is 3.26. The van der Waals surface area contributed by atoms with Gasteiger partial charge in [-0.05, 0) is 26.0 Å². The molecule has 6 nitrogen and oxygen atoms in total. The normalized spacial score (nSPS) is 11.0. The van der Waals surface area contributed by atoms with Crippen molar-refractivity contribution in [2.24, 2.45) is 4.99 Å². The number of nitrogens with zero attached hydrogens (tertiary/aromatic N) is 2. The molecule has 0 aliphatic rings. The standard InChI is InChI=1S/C16H20F2N4O2.HI/c1-10-11(2)24-15(22-10)9-21-16(19-3)20-6-7-23-12-4-5-13(17)14(18)8-12;/h4-5,8H,6-7,9H2,1-3H3,(H2,19,20,21);1H. The van der Waals surface area contributed by atoms with E-state index in [0.29, 0.717) is 24.9 Å². The molecule has 0 saturated carbocycles. The van der Waals surface area contributed by atoms with Gasteiger partial charge in [0.05, 0.1) is 18.8 Å². The number of oxazole rings is 1.